The van der Waals surface area contributed by atoms with Crippen LogP contribution in [0.3, 0.4) is 0 Å². The van der Waals surface area contributed by atoms with Crippen molar-refractivity contribution in [3.05, 3.63) is 76.2 Å². The standard InChI is InChI=1S/C29H36N6O2/c1-19(2)34-11-13-35(14-12-34)23-15-20(3)27-25(17-23)32-28(33-27)26-24(9-10-30-29(26)37)31-22(18-36)16-21-7-5-4-6-8-21/h4-10,15,17,19,22,36H,11-14,16,18H2,1-3H3,(H,32,33)(H2,30,31,37)/t22-/m0/s1. The molecule has 0 unspecified atom stereocenters. The molecule has 8 nitrogen and oxygen atoms in total. The van der Waals surface area contributed by atoms with Gasteiger partial charge in [0.05, 0.1) is 29.4 Å². The molecule has 1 fully saturated rings. The summed E-state index contributed by atoms with van der Waals surface area (Å²) in [5, 5.41) is 13.4. The number of nitrogens with zero attached hydrogens (tertiary/aromatic N) is 3. The molecule has 0 bridgehead atoms. The number of imidazole rings is 1. The van der Waals surface area contributed by atoms with Gasteiger partial charge in [-0.05, 0) is 56.5 Å². The monoisotopic (exact) mass is 500 g/mol. The predicted octanol–water partition coefficient (Wildman–Crippen LogP) is 3.77. The molecule has 4 N–H and O–H groups in total. The zero-order valence-electron chi connectivity index (χ0n) is 21.8. The Bertz CT molecular complexity index is 1400. The normalized spacial score (nSPS) is 15.4. The molecule has 0 spiro atoms. The highest BCUT2D eigenvalue weighted by atomic mass is 16.3. The second kappa shape index (κ2) is 10.8. The van der Waals surface area contributed by atoms with E-state index in [9.17, 15) is 9.90 Å². The zero-order chi connectivity index (χ0) is 25.9. The van der Waals surface area contributed by atoms with Crippen LogP contribution in [0.2, 0.25) is 0 Å². The average Bonchev–Trinajstić information content (AvgIpc) is 3.33. The Morgan fingerprint density at radius 2 is 1.84 bits per heavy atom. The summed E-state index contributed by atoms with van der Waals surface area (Å²) >= 11 is 0. The van der Waals surface area contributed by atoms with E-state index in [0.717, 1.165) is 48.3 Å². The first kappa shape index (κ1) is 25.0. The Morgan fingerprint density at radius 1 is 1.08 bits per heavy atom. The van der Waals surface area contributed by atoms with Crippen LogP contribution in [-0.4, -0.2) is 69.8 Å². The second-order valence-electron chi connectivity index (χ2n) is 10.2. The van der Waals surface area contributed by atoms with E-state index < -0.39 is 0 Å². The minimum Gasteiger partial charge on any atom is -0.394 e. The lowest BCUT2D eigenvalue weighted by Gasteiger charge is -2.38. The largest absolute Gasteiger partial charge is 0.394 e. The number of aryl methyl sites for hydroxylation is 1. The first-order valence-electron chi connectivity index (χ1n) is 13.1. The van der Waals surface area contributed by atoms with Crippen molar-refractivity contribution >= 4 is 22.4 Å². The van der Waals surface area contributed by atoms with Crippen LogP contribution in [0.5, 0.6) is 0 Å². The van der Waals surface area contributed by atoms with Crippen molar-refractivity contribution in [1.29, 1.82) is 0 Å². The Kier molecular flexibility index (Phi) is 7.30. The average molecular weight is 501 g/mol. The number of fused-ring (bicyclic) bond motifs is 1. The van der Waals surface area contributed by atoms with E-state index in [-0.39, 0.29) is 18.2 Å². The minimum absolute atomic E-state index is 0.0617. The van der Waals surface area contributed by atoms with Gasteiger partial charge in [-0.25, -0.2) is 4.98 Å². The summed E-state index contributed by atoms with van der Waals surface area (Å²) in [6, 6.07) is 16.5. The summed E-state index contributed by atoms with van der Waals surface area (Å²) in [5.41, 5.74) is 5.97. The van der Waals surface area contributed by atoms with Crippen molar-refractivity contribution in [2.75, 3.05) is 43.0 Å². The number of aliphatic hydroxyl groups excluding tert-OH is 1. The molecule has 1 aliphatic heterocycles. The summed E-state index contributed by atoms with van der Waals surface area (Å²) < 4.78 is 0. The number of aromatic nitrogens is 3. The zero-order valence-corrected chi connectivity index (χ0v) is 21.8. The number of H-pyrrole nitrogens is 2. The van der Waals surface area contributed by atoms with E-state index in [1.807, 2.05) is 36.4 Å². The van der Waals surface area contributed by atoms with Crippen LogP contribution in [0.4, 0.5) is 11.4 Å². The van der Waals surface area contributed by atoms with Crippen LogP contribution in [0, 0.1) is 6.92 Å². The van der Waals surface area contributed by atoms with Crippen molar-refractivity contribution in [1.82, 2.24) is 19.9 Å². The van der Waals surface area contributed by atoms with Crippen LogP contribution in [0.15, 0.2) is 59.5 Å². The minimum atomic E-state index is -0.245. The van der Waals surface area contributed by atoms with E-state index >= 15 is 0 Å². The summed E-state index contributed by atoms with van der Waals surface area (Å²) in [7, 11) is 0. The van der Waals surface area contributed by atoms with Gasteiger partial charge >= 0.3 is 0 Å². The van der Waals surface area contributed by atoms with Gasteiger partial charge in [0.15, 0.2) is 0 Å². The maximum absolute atomic E-state index is 13.0. The maximum Gasteiger partial charge on any atom is 0.261 e. The van der Waals surface area contributed by atoms with Gasteiger partial charge in [-0.1, -0.05) is 30.3 Å². The quantitative estimate of drug-likeness (QED) is 0.294. The number of hydrogen-bond acceptors (Lipinski definition) is 6. The second-order valence-corrected chi connectivity index (χ2v) is 10.2. The van der Waals surface area contributed by atoms with E-state index in [1.165, 1.54) is 5.69 Å². The molecule has 0 amide bonds. The number of anilines is 2. The smallest absolute Gasteiger partial charge is 0.261 e. The molecule has 4 aromatic rings. The number of benzene rings is 2. The Labute approximate surface area is 217 Å². The fourth-order valence-corrected chi connectivity index (χ4v) is 5.18. The summed E-state index contributed by atoms with van der Waals surface area (Å²) in [6.07, 6.45) is 2.25. The highest BCUT2D eigenvalue weighted by Gasteiger charge is 2.22. The molecule has 1 aliphatic rings. The van der Waals surface area contributed by atoms with Crippen molar-refractivity contribution in [3.8, 4) is 11.4 Å². The van der Waals surface area contributed by atoms with Crippen molar-refractivity contribution in [3.63, 3.8) is 0 Å². The van der Waals surface area contributed by atoms with Crippen LogP contribution in [0.25, 0.3) is 22.4 Å². The molecular weight excluding hydrogens is 464 g/mol. The SMILES string of the molecule is Cc1cc(N2CCN(C(C)C)CC2)cc2[nH]c(-c3c(N[C@H](CO)Cc4ccccc4)cc[nH]c3=O)nc12. The summed E-state index contributed by atoms with van der Waals surface area (Å²) in [6.45, 7) is 10.6. The van der Waals surface area contributed by atoms with Crippen LogP contribution >= 0.6 is 0 Å². The molecule has 8 heteroatoms. The van der Waals surface area contributed by atoms with Crippen LogP contribution in [-0.2, 0) is 6.42 Å². The van der Waals surface area contributed by atoms with Gasteiger partial charge in [-0.3, -0.25) is 9.69 Å². The Morgan fingerprint density at radius 3 is 2.54 bits per heavy atom. The lowest BCUT2D eigenvalue weighted by atomic mass is 10.1. The third-order valence-electron chi connectivity index (χ3n) is 7.27. The fraction of sp³-hybridized carbons (Fsp3) is 0.379. The topological polar surface area (TPSA) is 100 Å². The van der Waals surface area contributed by atoms with Crippen LogP contribution < -0.4 is 15.8 Å². The highest BCUT2D eigenvalue weighted by molar-refractivity contribution is 5.87. The van der Waals surface area contributed by atoms with Gasteiger partial charge in [0, 0.05) is 44.1 Å². The molecule has 0 saturated carbocycles. The summed E-state index contributed by atoms with van der Waals surface area (Å²) in [5.74, 6) is 0.514. The third-order valence-corrected chi connectivity index (χ3v) is 7.27. The number of rotatable bonds is 8. The molecule has 194 valence electrons. The predicted molar refractivity (Wildman–Crippen MR) is 150 cm³/mol. The molecule has 37 heavy (non-hydrogen) atoms. The summed E-state index contributed by atoms with van der Waals surface area (Å²) in [4.78, 5) is 29.0. The van der Waals surface area contributed by atoms with E-state index in [2.05, 4.69) is 58.0 Å². The number of pyridine rings is 1. The molecule has 1 atom stereocenters. The molecule has 1 saturated heterocycles. The Hall–Kier alpha value is -3.62. The van der Waals surface area contributed by atoms with E-state index in [1.54, 1.807) is 6.20 Å². The van der Waals surface area contributed by atoms with E-state index in [0.29, 0.717) is 29.5 Å². The third kappa shape index (κ3) is 5.40. The van der Waals surface area contributed by atoms with Gasteiger partial charge in [0.2, 0.25) is 0 Å². The molecule has 5 rings (SSSR count). The van der Waals surface area contributed by atoms with Crippen molar-refractivity contribution in [2.45, 2.75) is 39.3 Å². The number of piperazine rings is 1. The van der Waals surface area contributed by atoms with Gasteiger partial charge in [-0.15, -0.1) is 0 Å². The van der Waals surface area contributed by atoms with E-state index in [4.69, 9.17) is 4.98 Å². The molecule has 0 aliphatic carbocycles. The maximum atomic E-state index is 13.0. The van der Waals surface area contributed by atoms with Gasteiger partial charge in [-0.2, -0.15) is 0 Å². The van der Waals surface area contributed by atoms with Crippen LogP contribution in [0.1, 0.15) is 25.0 Å². The molecule has 0 radical (unpaired) electrons. The molecular formula is C29H36N6O2. The lowest BCUT2D eigenvalue weighted by molar-refractivity contribution is 0.209. The van der Waals surface area contributed by atoms with Gasteiger partial charge < -0.3 is 25.3 Å². The Balaban J connectivity index is 1.44. The molecule has 2 aromatic carbocycles. The lowest BCUT2D eigenvalue weighted by Crippen LogP contribution is -2.48. The van der Waals surface area contributed by atoms with Crippen molar-refractivity contribution in [2.24, 2.45) is 0 Å². The van der Waals surface area contributed by atoms with Crippen molar-refractivity contribution < 1.29 is 5.11 Å². The number of aromatic amines is 2. The number of hydrogen-bond donors (Lipinski definition) is 4. The van der Waals surface area contributed by atoms with Gasteiger partial charge in [0.1, 0.15) is 11.4 Å². The number of aliphatic hydroxyl groups is 1. The first-order valence-corrected chi connectivity index (χ1v) is 13.1. The number of nitrogens with one attached hydrogen (secondary N) is 3. The highest BCUT2D eigenvalue weighted by Crippen LogP contribution is 2.30. The van der Waals surface area contributed by atoms with Gasteiger partial charge in [0.25, 0.3) is 5.56 Å². The molecule has 2 aromatic heterocycles. The molecule has 3 heterocycles. The fourth-order valence-electron chi connectivity index (χ4n) is 5.18. The first-order chi connectivity index (χ1) is 17.9.